The molecule has 1 N–H and O–H groups in total. The van der Waals surface area contributed by atoms with E-state index in [0.717, 1.165) is 27.8 Å². The highest BCUT2D eigenvalue weighted by Crippen LogP contribution is 2.45. The molecule has 0 unspecified atom stereocenters. The molecule has 0 atom stereocenters. The molecule has 0 spiro atoms. The summed E-state index contributed by atoms with van der Waals surface area (Å²) in [5, 5.41) is 4.08. The third-order valence-electron chi connectivity index (χ3n) is 2.69. The van der Waals surface area contributed by atoms with Crippen molar-refractivity contribution >= 4 is 34.1 Å². The Balaban J connectivity index is 3.30. The van der Waals surface area contributed by atoms with Crippen LogP contribution in [0.3, 0.4) is 0 Å². The second kappa shape index (κ2) is 5.18. The van der Waals surface area contributed by atoms with Crippen LogP contribution < -0.4 is 10.6 Å². The van der Waals surface area contributed by atoms with Gasteiger partial charge in [-0.3, -0.25) is 0 Å². The Labute approximate surface area is 100.0 Å². The van der Waals surface area contributed by atoms with Crippen molar-refractivity contribution in [2.24, 2.45) is 0 Å². The Bertz CT molecular complexity index is 384. The van der Waals surface area contributed by atoms with Crippen molar-refractivity contribution in [3.8, 4) is 0 Å². The summed E-state index contributed by atoms with van der Waals surface area (Å²) in [6, 6.07) is 5.89. The van der Waals surface area contributed by atoms with Gasteiger partial charge in [0.1, 0.15) is 7.14 Å². The zero-order chi connectivity index (χ0) is 11.5. The summed E-state index contributed by atoms with van der Waals surface area (Å²) in [6.45, 7) is 3.98. The number of benzene rings is 1. The van der Waals surface area contributed by atoms with Crippen molar-refractivity contribution in [3.63, 3.8) is 0 Å². The van der Waals surface area contributed by atoms with E-state index in [-0.39, 0.29) is 0 Å². The first-order chi connectivity index (χ1) is 7.07. The van der Waals surface area contributed by atoms with Crippen LogP contribution in [0, 0.1) is 0 Å². The van der Waals surface area contributed by atoms with Crippen LogP contribution in [0.5, 0.6) is 0 Å². The van der Waals surface area contributed by atoms with E-state index in [0.29, 0.717) is 0 Å². The zero-order valence-electron chi connectivity index (χ0n) is 9.38. The predicted octanol–water partition coefficient (Wildman–Crippen LogP) is 3.52. The lowest BCUT2D eigenvalue weighted by atomic mass is 10.3. The van der Waals surface area contributed by atoms with Crippen molar-refractivity contribution in [1.29, 1.82) is 0 Å². The second-order valence-corrected chi connectivity index (χ2v) is 7.87. The monoisotopic (exact) mass is 289 g/mol. The van der Waals surface area contributed by atoms with Gasteiger partial charge in [0, 0.05) is 34.8 Å². The Hall–Kier alpha value is -0.270. The first-order valence-corrected chi connectivity index (χ1v) is 8.00. The number of anilines is 1. The summed E-state index contributed by atoms with van der Waals surface area (Å²) in [5.74, 6) is 0. The smallest absolute Gasteiger partial charge is 0.117 e. The van der Waals surface area contributed by atoms with E-state index >= 15 is 0 Å². The molecule has 1 aromatic rings. The molecule has 15 heavy (non-hydrogen) atoms. The average molecular weight is 290 g/mol. The molecule has 84 valence electrons. The summed E-state index contributed by atoms with van der Waals surface area (Å²) in [4.78, 5) is 0. The molecule has 0 aromatic heterocycles. The fraction of sp³-hybridized carbons (Fsp3) is 0.455. The van der Waals surface area contributed by atoms with Crippen LogP contribution in [-0.2, 0) is 4.57 Å². The van der Waals surface area contributed by atoms with Crippen LogP contribution in [0.4, 0.5) is 5.69 Å². The van der Waals surface area contributed by atoms with Crippen molar-refractivity contribution in [1.82, 2.24) is 0 Å². The van der Waals surface area contributed by atoms with Crippen LogP contribution in [0.25, 0.3) is 0 Å². The van der Waals surface area contributed by atoms with Gasteiger partial charge in [0.05, 0.1) is 0 Å². The van der Waals surface area contributed by atoms with Crippen molar-refractivity contribution < 1.29 is 4.57 Å². The average Bonchev–Trinajstić information content (AvgIpc) is 2.27. The molecule has 1 aromatic carbocycles. The minimum atomic E-state index is -2.19. The van der Waals surface area contributed by atoms with Crippen LogP contribution in [0.1, 0.15) is 13.8 Å². The van der Waals surface area contributed by atoms with E-state index < -0.39 is 7.14 Å². The summed E-state index contributed by atoms with van der Waals surface area (Å²) in [6.07, 6.45) is 1.44. The quantitative estimate of drug-likeness (QED) is 0.860. The van der Waals surface area contributed by atoms with E-state index in [1.165, 1.54) is 0 Å². The summed E-state index contributed by atoms with van der Waals surface area (Å²) in [5.41, 5.74) is 0.969. The van der Waals surface area contributed by atoms with Crippen LogP contribution >= 0.6 is 23.1 Å². The van der Waals surface area contributed by atoms with Gasteiger partial charge in [-0.1, -0.05) is 29.8 Å². The van der Waals surface area contributed by atoms with Gasteiger partial charge < -0.3 is 9.88 Å². The first-order valence-electron chi connectivity index (χ1n) is 5.13. The number of rotatable bonds is 4. The Morgan fingerprint density at radius 1 is 1.33 bits per heavy atom. The minimum Gasteiger partial charge on any atom is -0.387 e. The standard InChI is InChI=1S/C11H17BrNOP/c1-4-15(14,5-2)11-7-6-9(12)8-10(11)13-3/h6-8,13H,4-5H2,1-3H3. The summed E-state index contributed by atoms with van der Waals surface area (Å²) in [7, 11) is -0.329. The first kappa shape index (κ1) is 12.8. The fourth-order valence-electron chi connectivity index (χ4n) is 1.63. The molecule has 0 aliphatic heterocycles. The van der Waals surface area contributed by atoms with Crippen molar-refractivity contribution in [2.45, 2.75) is 13.8 Å². The maximum Gasteiger partial charge on any atom is 0.117 e. The summed E-state index contributed by atoms with van der Waals surface area (Å²) < 4.78 is 13.6. The molecule has 0 saturated heterocycles. The second-order valence-electron chi connectivity index (χ2n) is 3.43. The minimum absolute atomic E-state index is 0.722. The fourth-order valence-corrected chi connectivity index (χ4v) is 4.08. The van der Waals surface area contributed by atoms with E-state index in [1.54, 1.807) is 0 Å². The van der Waals surface area contributed by atoms with E-state index in [1.807, 2.05) is 39.1 Å². The van der Waals surface area contributed by atoms with Crippen LogP contribution in [0.15, 0.2) is 22.7 Å². The molecule has 0 heterocycles. The van der Waals surface area contributed by atoms with Gasteiger partial charge in [-0.25, -0.2) is 0 Å². The molecule has 0 saturated carbocycles. The van der Waals surface area contributed by atoms with E-state index in [2.05, 4.69) is 21.2 Å². The molecular weight excluding hydrogens is 273 g/mol. The van der Waals surface area contributed by atoms with E-state index in [9.17, 15) is 4.57 Å². The normalized spacial score (nSPS) is 11.5. The largest absolute Gasteiger partial charge is 0.387 e. The third kappa shape index (κ3) is 2.64. The predicted molar refractivity (Wildman–Crippen MR) is 72.0 cm³/mol. The molecule has 0 aliphatic carbocycles. The van der Waals surface area contributed by atoms with Gasteiger partial charge in [-0.15, -0.1) is 0 Å². The topological polar surface area (TPSA) is 29.1 Å². The molecule has 0 aliphatic rings. The number of hydrogen-bond acceptors (Lipinski definition) is 2. The van der Waals surface area contributed by atoms with Gasteiger partial charge in [-0.05, 0) is 18.2 Å². The SMILES string of the molecule is CCP(=O)(CC)c1ccc(Br)cc1NC. The van der Waals surface area contributed by atoms with Gasteiger partial charge in [0.2, 0.25) is 0 Å². The number of halogens is 1. The molecule has 1 rings (SSSR count). The zero-order valence-corrected chi connectivity index (χ0v) is 11.9. The van der Waals surface area contributed by atoms with Crippen molar-refractivity contribution in [3.05, 3.63) is 22.7 Å². The van der Waals surface area contributed by atoms with Crippen LogP contribution in [0.2, 0.25) is 0 Å². The molecule has 0 amide bonds. The molecule has 0 fully saturated rings. The van der Waals surface area contributed by atoms with E-state index in [4.69, 9.17) is 0 Å². The van der Waals surface area contributed by atoms with Gasteiger partial charge in [-0.2, -0.15) is 0 Å². The Kier molecular flexibility index (Phi) is 4.42. The Morgan fingerprint density at radius 2 is 1.93 bits per heavy atom. The van der Waals surface area contributed by atoms with Gasteiger partial charge in [0.25, 0.3) is 0 Å². The third-order valence-corrected chi connectivity index (χ3v) is 6.49. The number of hydrogen-bond donors (Lipinski definition) is 1. The summed E-state index contributed by atoms with van der Waals surface area (Å²) >= 11 is 3.42. The highest BCUT2D eigenvalue weighted by Gasteiger charge is 2.22. The molecular formula is C11H17BrNOP. The molecule has 0 radical (unpaired) electrons. The molecule has 0 bridgehead atoms. The lowest BCUT2D eigenvalue weighted by molar-refractivity contribution is 0.582. The molecule has 2 nitrogen and oxygen atoms in total. The van der Waals surface area contributed by atoms with Crippen LogP contribution in [-0.4, -0.2) is 19.4 Å². The molecule has 4 heteroatoms. The maximum absolute atomic E-state index is 12.6. The lowest BCUT2D eigenvalue weighted by Crippen LogP contribution is -2.13. The highest BCUT2D eigenvalue weighted by molar-refractivity contribution is 9.10. The van der Waals surface area contributed by atoms with Gasteiger partial charge in [0.15, 0.2) is 0 Å². The Morgan fingerprint density at radius 3 is 2.40 bits per heavy atom. The maximum atomic E-state index is 12.6. The van der Waals surface area contributed by atoms with Gasteiger partial charge >= 0.3 is 0 Å². The highest BCUT2D eigenvalue weighted by atomic mass is 79.9. The van der Waals surface area contributed by atoms with Crippen molar-refractivity contribution in [2.75, 3.05) is 24.7 Å². The lowest BCUT2D eigenvalue weighted by Gasteiger charge is -2.18. The number of nitrogens with one attached hydrogen (secondary N) is 1.